The number of hydrogen-bond donors (Lipinski definition) is 2. The molecule has 0 spiro atoms. The lowest BCUT2D eigenvalue weighted by atomic mass is 9.79. The lowest BCUT2D eigenvalue weighted by Crippen LogP contribution is -2.64. The van der Waals surface area contributed by atoms with Gasteiger partial charge in [0.15, 0.2) is 5.54 Å². The van der Waals surface area contributed by atoms with Gasteiger partial charge in [0.05, 0.1) is 5.54 Å². The van der Waals surface area contributed by atoms with E-state index in [2.05, 4.69) is 5.43 Å². The molecule has 0 saturated heterocycles. The van der Waals surface area contributed by atoms with Gasteiger partial charge >= 0.3 is 0 Å². The van der Waals surface area contributed by atoms with Crippen LogP contribution in [0.4, 0.5) is 0 Å². The van der Waals surface area contributed by atoms with E-state index in [1.165, 1.54) is 6.21 Å². The third-order valence-corrected chi connectivity index (χ3v) is 3.16. The monoisotopic (exact) mass is 187 g/mol. The van der Waals surface area contributed by atoms with Crippen LogP contribution in [-0.2, 0) is 0 Å². The van der Waals surface area contributed by atoms with Crippen LogP contribution >= 0.6 is 0 Å². The van der Waals surface area contributed by atoms with Crippen molar-refractivity contribution in [3.05, 3.63) is 5.21 Å². The second kappa shape index (κ2) is 4.07. The van der Waals surface area contributed by atoms with Crippen molar-refractivity contribution in [1.82, 2.24) is 5.43 Å². The molecule has 0 saturated carbocycles. The van der Waals surface area contributed by atoms with Crippen LogP contribution in [0.3, 0.4) is 0 Å². The molecule has 3 N–H and O–H groups in total. The number of rotatable bonds is 4. The SMILES string of the molecule is C/C=[N+](\[O-])C(C)(C)C(C)(CC)NN. The second-order valence-corrected chi connectivity index (χ2v) is 3.97. The summed E-state index contributed by atoms with van der Waals surface area (Å²) in [5, 5.41) is 11.6. The molecule has 0 amide bonds. The van der Waals surface area contributed by atoms with Gasteiger partial charge in [0.1, 0.15) is 6.21 Å². The minimum atomic E-state index is -0.550. The van der Waals surface area contributed by atoms with Gasteiger partial charge in [-0.2, -0.15) is 0 Å². The third-order valence-electron chi connectivity index (χ3n) is 3.16. The highest BCUT2D eigenvalue weighted by Crippen LogP contribution is 2.26. The van der Waals surface area contributed by atoms with Gasteiger partial charge in [0.2, 0.25) is 0 Å². The fourth-order valence-corrected chi connectivity index (χ4v) is 1.28. The fourth-order valence-electron chi connectivity index (χ4n) is 1.28. The average molecular weight is 187 g/mol. The van der Waals surface area contributed by atoms with Crippen molar-refractivity contribution in [3.63, 3.8) is 0 Å². The average Bonchev–Trinajstić information content (AvgIpc) is 2.14. The summed E-state index contributed by atoms with van der Waals surface area (Å²) in [6.45, 7) is 9.43. The Morgan fingerprint density at radius 1 is 1.46 bits per heavy atom. The third kappa shape index (κ3) is 2.00. The summed E-state index contributed by atoms with van der Waals surface area (Å²) in [6, 6.07) is 0. The van der Waals surface area contributed by atoms with Crippen molar-refractivity contribution in [2.45, 2.75) is 52.1 Å². The Morgan fingerprint density at radius 3 is 2.15 bits per heavy atom. The predicted molar refractivity (Wildman–Crippen MR) is 55.5 cm³/mol. The second-order valence-electron chi connectivity index (χ2n) is 3.97. The van der Waals surface area contributed by atoms with Crippen LogP contribution in [-0.4, -0.2) is 22.0 Å². The molecule has 0 aliphatic carbocycles. The molecule has 4 heteroatoms. The highest BCUT2D eigenvalue weighted by atomic mass is 16.5. The van der Waals surface area contributed by atoms with Gasteiger partial charge in [0, 0.05) is 20.8 Å². The van der Waals surface area contributed by atoms with Gasteiger partial charge in [-0.3, -0.25) is 5.84 Å². The standard InChI is InChI=1S/C9H21N3O/c1-6-9(5,11-10)8(3,4)12(13)7-2/h7,11H,6,10H2,1-5H3/b12-7-. The first-order chi connectivity index (χ1) is 5.85. The van der Waals surface area contributed by atoms with Gasteiger partial charge in [-0.1, -0.05) is 6.92 Å². The molecule has 0 aromatic rings. The highest BCUT2D eigenvalue weighted by molar-refractivity contribution is 5.47. The number of hydrogen-bond acceptors (Lipinski definition) is 3. The maximum absolute atomic E-state index is 11.6. The number of nitrogens with two attached hydrogens (primary N) is 1. The molecule has 0 fully saturated rings. The number of hydrazine groups is 1. The quantitative estimate of drug-likeness (QED) is 0.227. The number of nitrogens with zero attached hydrogens (tertiary/aromatic N) is 1. The molecule has 0 aliphatic rings. The zero-order valence-corrected chi connectivity index (χ0v) is 9.22. The van der Waals surface area contributed by atoms with Crippen molar-refractivity contribution >= 4 is 6.21 Å². The maximum Gasteiger partial charge on any atom is 0.185 e. The van der Waals surface area contributed by atoms with E-state index in [4.69, 9.17) is 5.84 Å². The largest absolute Gasteiger partial charge is 0.624 e. The normalized spacial score (nSPS) is 18.5. The molecule has 1 unspecified atom stereocenters. The van der Waals surface area contributed by atoms with Crippen LogP contribution in [0.5, 0.6) is 0 Å². The summed E-state index contributed by atoms with van der Waals surface area (Å²) in [5.74, 6) is 5.47. The summed E-state index contributed by atoms with van der Waals surface area (Å²) in [6.07, 6.45) is 2.31. The zero-order chi connectivity index (χ0) is 10.7. The first-order valence-corrected chi connectivity index (χ1v) is 4.59. The van der Waals surface area contributed by atoms with Gasteiger partial charge < -0.3 is 5.21 Å². The van der Waals surface area contributed by atoms with Gasteiger partial charge in [-0.05, 0) is 13.3 Å². The first kappa shape index (κ1) is 12.4. The summed E-state index contributed by atoms with van der Waals surface area (Å²) in [4.78, 5) is 0. The highest BCUT2D eigenvalue weighted by Gasteiger charge is 2.45. The maximum atomic E-state index is 11.6. The van der Waals surface area contributed by atoms with Crippen LogP contribution in [0.2, 0.25) is 0 Å². The van der Waals surface area contributed by atoms with Gasteiger partial charge in [-0.25, -0.2) is 10.2 Å². The van der Waals surface area contributed by atoms with Gasteiger partial charge in [-0.15, -0.1) is 0 Å². The molecule has 0 heterocycles. The fraction of sp³-hybridized carbons (Fsp3) is 0.889. The summed E-state index contributed by atoms with van der Waals surface area (Å²) >= 11 is 0. The lowest BCUT2D eigenvalue weighted by molar-refractivity contribution is -0.551. The summed E-state index contributed by atoms with van der Waals surface area (Å²) in [7, 11) is 0. The van der Waals surface area contributed by atoms with E-state index < -0.39 is 5.54 Å². The van der Waals surface area contributed by atoms with Crippen molar-refractivity contribution in [2.24, 2.45) is 5.84 Å². The Kier molecular flexibility index (Phi) is 3.88. The Balaban J connectivity index is 4.99. The predicted octanol–water partition coefficient (Wildman–Crippen LogP) is 0.998. The first-order valence-electron chi connectivity index (χ1n) is 4.59. The Bertz CT molecular complexity index is 195. The van der Waals surface area contributed by atoms with Gasteiger partial charge in [0.25, 0.3) is 0 Å². The minimum absolute atomic E-state index is 0.388. The molecule has 0 bridgehead atoms. The molecule has 0 aliphatic heterocycles. The van der Waals surface area contributed by atoms with E-state index >= 15 is 0 Å². The van der Waals surface area contributed by atoms with Crippen LogP contribution in [0.15, 0.2) is 0 Å². The Morgan fingerprint density at radius 2 is 1.92 bits per heavy atom. The molecular formula is C9H21N3O. The van der Waals surface area contributed by atoms with E-state index in [0.29, 0.717) is 0 Å². The Labute approximate surface area is 80.4 Å². The van der Waals surface area contributed by atoms with Crippen molar-refractivity contribution < 1.29 is 4.74 Å². The lowest BCUT2D eigenvalue weighted by Gasteiger charge is -2.40. The Hall–Kier alpha value is -0.610. The van der Waals surface area contributed by atoms with Crippen LogP contribution in [0.1, 0.15) is 41.0 Å². The zero-order valence-electron chi connectivity index (χ0n) is 9.22. The van der Waals surface area contributed by atoms with Crippen LogP contribution in [0, 0.1) is 5.21 Å². The van der Waals surface area contributed by atoms with Crippen LogP contribution in [0.25, 0.3) is 0 Å². The summed E-state index contributed by atoms with van der Waals surface area (Å²) < 4.78 is 0.941. The van der Waals surface area contributed by atoms with E-state index in [9.17, 15) is 5.21 Å². The molecule has 0 rings (SSSR count). The van der Waals surface area contributed by atoms with Crippen LogP contribution < -0.4 is 11.3 Å². The van der Waals surface area contributed by atoms with Crippen molar-refractivity contribution in [1.29, 1.82) is 0 Å². The van der Waals surface area contributed by atoms with Crippen molar-refractivity contribution in [3.8, 4) is 0 Å². The summed E-state index contributed by atoms with van der Waals surface area (Å²) in [5.41, 5.74) is 1.78. The molecular weight excluding hydrogens is 166 g/mol. The molecule has 1 atom stereocenters. The molecule has 0 radical (unpaired) electrons. The van der Waals surface area contributed by atoms with E-state index in [1.54, 1.807) is 6.92 Å². The molecule has 78 valence electrons. The number of nitrogens with one attached hydrogen (secondary N) is 1. The van der Waals surface area contributed by atoms with E-state index in [1.807, 2.05) is 27.7 Å². The minimum Gasteiger partial charge on any atom is -0.624 e. The van der Waals surface area contributed by atoms with E-state index in [-0.39, 0.29) is 5.54 Å². The van der Waals surface area contributed by atoms with E-state index in [0.717, 1.165) is 11.2 Å². The molecule has 13 heavy (non-hydrogen) atoms. The molecule has 0 aromatic heterocycles. The molecule has 0 aromatic carbocycles. The molecule has 4 nitrogen and oxygen atoms in total. The topological polar surface area (TPSA) is 64.1 Å². The van der Waals surface area contributed by atoms with Crippen molar-refractivity contribution in [2.75, 3.05) is 0 Å². The number of hydroxylamine groups is 1. The smallest absolute Gasteiger partial charge is 0.185 e.